The van der Waals surface area contributed by atoms with Gasteiger partial charge in [0.1, 0.15) is 23.4 Å². The Balaban J connectivity index is 2.24. The SMILES string of the molecule is Oc1cccc(-c2nc3ncncc3[nH]2)c1Cl. The molecule has 0 aliphatic rings. The van der Waals surface area contributed by atoms with Crippen LogP contribution < -0.4 is 0 Å². The number of fused-ring (bicyclic) bond motifs is 1. The van der Waals surface area contributed by atoms with Crippen molar-refractivity contribution in [3.63, 3.8) is 0 Å². The first-order valence-corrected chi connectivity index (χ1v) is 5.27. The highest BCUT2D eigenvalue weighted by Crippen LogP contribution is 2.33. The standard InChI is InChI=1S/C11H7ClN4O/c12-9-6(2-1-3-8(9)17)10-15-7-4-13-5-14-11(7)16-10/h1-5,17H,(H,13,14,15,16). The van der Waals surface area contributed by atoms with Gasteiger partial charge >= 0.3 is 0 Å². The van der Waals surface area contributed by atoms with Gasteiger partial charge in [0.05, 0.1) is 11.2 Å². The fourth-order valence-electron chi connectivity index (χ4n) is 1.59. The largest absolute Gasteiger partial charge is 0.506 e. The normalized spacial score (nSPS) is 10.9. The molecule has 17 heavy (non-hydrogen) atoms. The number of benzene rings is 1. The molecule has 2 N–H and O–H groups in total. The van der Waals surface area contributed by atoms with Crippen molar-refractivity contribution in [2.45, 2.75) is 0 Å². The van der Waals surface area contributed by atoms with Crippen LogP contribution in [0.1, 0.15) is 0 Å². The Hall–Kier alpha value is -2.14. The smallest absolute Gasteiger partial charge is 0.181 e. The molecule has 0 spiro atoms. The number of rotatable bonds is 1. The number of phenols is 1. The van der Waals surface area contributed by atoms with Gasteiger partial charge in [0.2, 0.25) is 0 Å². The second-order valence-electron chi connectivity index (χ2n) is 3.48. The van der Waals surface area contributed by atoms with E-state index >= 15 is 0 Å². The molecule has 0 fully saturated rings. The van der Waals surface area contributed by atoms with Crippen LogP contribution in [0, 0.1) is 0 Å². The maximum atomic E-state index is 9.53. The molecule has 3 aromatic rings. The molecule has 0 atom stereocenters. The Bertz CT molecular complexity index is 662. The van der Waals surface area contributed by atoms with Crippen LogP contribution in [0.2, 0.25) is 5.02 Å². The lowest BCUT2D eigenvalue weighted by atomic mass is 10.2. The first-order valence-electron chi connectivity index (χ1n) is 4.89. The molecule has 0 saturated heterocycles. The molecule has 2 heterocycles. The van der Waals surface area contributed by atoms with E-state index < -0.39 is 0 Å². The average Bonchev–Trinajstić information content (AvgIpc) is 2.76. The van der Waals surface area contributed by atoms with Crippen LogP contribution in [0.15, 0.2) is 30.7 Å². The third-order valence-electron chi connectivity index (χ3n) is 2.40. The molecule has 1 aromatic carbocycles. The fraction of sp³-hybridized carbons (Fsp3) is 0. The molecule has 0 radical (unpaired) electrons. The quantitative estimate of drug-likeness (QED) is 0.691. The van der Waals surface area contributed by atoms with Gasteiger partial charge < -0.3 is 10.1 Å². The van der Waals surface area contributed by atoms with E-state index in [2.05, 4.69) is 19.9 Å². The number of H-pyrrole nitrogens is 1. The number of aromatic hydroxyl groups is 1. The summed E-state index contributed by atoms with van der Waals surface area (Å²) in [6, 6.07) is 5.00. The number of hydrogen-bond donors (Lipinski definition) is 2. The van der Waals surface area contributed by atoms with E-state index in [1.807, 2.05) is 0 Å². The van der Waals surface area contributed by atoms with Crippen molar-refractivity contribution in [3.05, 3.63) is 35.7 Å². The second kappa shape index (κ2) is 3.71. The van der Waals surface area contributed by atoms with Gasteiger partial charge in [-0.1, -0.05) is 17.7 Å². The van der Waals surface area contributed by atoms with Crippen molar-refractivity contribution in [2.75, 3.05) is 0 Å². The number of halogens is 1. The summed E-state index contributed by atoms with van der Waals surface area (Å²) >= 11 is 6.01. The Labute approximate surface area is 101 Å². The molecule has 5 nitrogen and oxygen atoms in total. The number of aromatic amines is 1. The zero-order valence-corrected chi connectivity index (χ0v) is 9.31. The molecule has 0 aliphatic carbocycles. The van der Waals surface area contributed by atoms with Crippen LogP contribution in [0.3, 0.4) is 0 Å². The van der Waals surface area contributed by atoms with Gasteiger partial charge in [-0.2, -0.15) is 0 Å². The summed E-state index contributed by atoms with van der Waals surface area (Å²) < 4.78 is 0. The van der Waals surface area contributed by atoms with E-state index in [9.17, 15) is 5.11 Å². The fourth-order valence-corrected chi connectivity index (χ4v) is 1.81. The zero-order chi connectivity index (χ0) is 11.8. The van der Waals surface area contributed by atoms with Crippen molar-refractivity contribution < 1.29 is 5.11 Å². The van der Waals surface area contributed by atoms with Crippen LogP contribution in [-0.4, -0.2) is 25.0 Å². The molecule has 84 valence electrons. The van der Waals surface area contributed by atoms with Crippen LogP contribution in [0.4, 0.5) is 0 Å². The highest BCUT2D eigenvalue weighted by atomic mass is 35.5. The molecule has 0 amide bonds. The van der Waals surface area contributed by atoms with Gasteiger partial charge in [0, 0.05) is 5.56 Å². The van der Waals surface area contributed by atoms with Gasteiger partial charge in [0.25, 0.3) is 0 Å². The van der Waals surface area contributed by atoms with E-state index in [0.29, 0.717) is 17.0 Å². The van der Waals surface area contributed by atoms with E-state index in [1.54, 1.807) is 18.3 Å². The summed E-state index contributed by atoms with van der Waals surface area (Å²) in [5.41, 5.74) is 1.92. The van der Waals surface area contributed by atoms with Gasteiger partial charge in [0.15, 0.2) is 5.65 Å². The molecule has 6 heteroatoms. The predicted molar refractivity (Wildman–Crippen MR) is 63.8 cm³/mol. The lowest BCUT2D eigenvalue weighted by Crippen LogP contribution is -1.82. The van der Waals surface area contributed by atoms with Gasteiger partial charge in [-0.15, -0.1) is 0 Å². The average molecular weight is 247 g/mol. The van der Waals surface area contributed by atoms with Crippen molar-refractivity contribution in [1.29, 1.82) is 0 Å². The number of hydrogen-bond acceptors (Lipinski definition) is 4. The first kappa shape index (κ1) is 10.0. The van der Waals surface area contributed by atoms with Crippen LogP contribution in [0.5, 0.6) is 5.75 Å². The number of nitrogens with one attached hydrogen (secondary N) is 1. The van der Waals surface area contributed by atoms with Gasteiger partial charge in [-0.25, -0.2) is 15.0 Å². The van der Waals surface area contributed by atoms with Crippen LogP contribution in [0.25, 0.3) is 22.6 Å². The maximum absolute atomic E-state index is 9.53. The van der Waals surface area contributed by atoms with E-state index in [1.165, 1.54) is 12.4 Å². The molecule has 0 aliphatic heterocycles. The third-order valence-corrected chi connectivity index (χ3v) is 2.79. The highest BCUT2D eigenvalue weighted by Gasteiger charge is 2.11. The Kier molecular flexibility index (Phi) is 2.19. The zero-order valence-electron chi connectivity index (χ0n) is 8.55. The van der Waals surface area contributed by atoms with E-state index in [0.717, 1.165) is 5.52 Å². The summed E-state index contributed by atoms with van der Waals surface area (Å²) in [5.74, 6) is 0.581. The molecule has 0 unspecified atom stereocenters. The summed E-state index contributed by atoms with van der Waals surface area (Å²) in [5, 5.41) is 9.80. The van der Waals surface area contributed by atoms with Crippen molar-refractivity contribution in [2.24, 2.45) is 0 Å². The predicted octanol–water partition coefficient (Wildman–Crippen LogP) is 2.38. The lowest BCUT2D eigenvalue weighted by Gasteiger charge is -2.01. The Morgan fingerprint density at radius 2 is 2.18 bits per heavy atom. The molecule has 0 saturated carbocycles. The minimum Gasteiger partial charge on any atom is -0.506 e. The first-order chi connectivity index (χ1) is 8.25. The number of phenolic OH excluding ortho intramolecular Hbond substituents is 1. The lowest BCUT2D eigenvalue weighted by molar-refractivity contribution is 0.476. The van der Waals surface area contributed by atoms with E-state index in [4.69, 9.17) is 11.6 Å². The topological polar surface area (TPSA) is 74.7 Å². The number of imidazole rings is 1. The Morgan fingerprint density at radius 3 is 3.00 bits per heavy atom. The molecule has 2 aromatic heterocycles. The summed E-state index contributed by atoms with van der Waals surface area (Å²) in [6.07, 6.45) is 3.06. The summed E-state index contributed by atoms with van der Waals surface area (Å²) in [6.45, 7) is 0. The summed E-state index contributed by atoms with van der Waals surface area (Å²) in [4.78, 5) is 15.2. The number of aromatic nitrogens is 4. The monoisotopic (exact) mass is 246 g/mol. The third kappa shape index (κ3) is 1.60. The van der Waals surface area contributed by atoms with Crippen molar-refractivity contribution in [3.8, 4) is 17.1 Å². The van der Waals surface area contributed by atoms with Crippen LogP contribution >= 0.6 is 11.6 Å². The second-order valence-corrected chi connectivity index (χ2v) is 3.86. The minimum atomic E-state index is 0.0238. The van der Waals surface area contributed by atoms with Crippen molar-refractivity contribution >= 4 is 22.8 Å². The maximum Gasteiger partial charge on any atom is 0.181 e. The molecular formula is C11H7ClN4O. The molecule has 3 rings (SSSR count). The molecular weight excluding hydrogens is 240 g/mol. The van der Waals surface area contributed by atoms with Gasteiger partial charge in [-0.3, -0.25) is 0 Å². The highest BCUT2D eigenvalue weighted by molar-refractivity contribution is 6.34. The summed E-state index contributed by atoms with van der Waals surface area (Å²) in [7, 11) is 0. The minimum absolute atomic E-state index is 0.0238. The number of nitrogens with zero attached hydrogens (tertiary/aromatic N) is 3. The van der Waals surface area contributed by atoms with Crippen LogP contribution in [-0.2, 0) is 0 Å². The van der Waals surface area contributed by atoms with Gasteiger partial charge in [-0.05, 0) is 12.1 Å². The van der Waals surface area contributed by atoms with E-state index in [-0.39, 0.29) is 10.8 Å². The van der Waals surface area contributed by atoms with Crippen molar-refractivity contribution in [1.82, 2.24) is 19.9 Å². The molecule has 0 bridgehead atoms. The Morgan fingerprint density at radius 1 is 1.29 bits per heavy atom.